The maximum atomic E-state index is 5.71. The van der Waals surface area contributed by atoms with Gasteiger partial charge in [-0.25, -0.2) is 0 Å². The van der Waals surface area contributed by atoms with Crippen LogP contribution in [0.1, 0.15) is 0 Å². The van der Waals surface area contributed by atoms with Gasteiger partial charge in [0.25, 0.3) is 0 Å². The first-order chi connectivity index (χ1) is 7.66. The Labute approximate surface area is 102 Å². The number of pyridine rings is 1. The zero-order chi connectivity index (χ0) is 11.5. The summed E-state index contributed by atoms with van der Waals surface area (Å²) in [6, 6.07) is 7.65. The SMILES string of the molecule is C=C(Br)CNc1ccnc2cc(N)ccc12. The molecule has 2 rings (SSSR count). The molecule has 0 spiro atoms. The fourth-order valence-corrected chi connectivity index (χ4v) is 1.65. The van der Waals surface area contributed by atoms with Crippen molar-refractivity contribution in [3.63, 3.8) is 0 Å². The van der Waals surface area contributed by atoms with E-state index in [4.69, 9.17) is 5.73 Å². The highest BCUT2D eigenvalue weighted by molar-refractivity contribution is 9.11. The standard InChI is InChI=1S/C12H12BrN3/c1-8(13)7-16-11-4-5-15-12-6-9(14)2-3-10(11)12/h2-6H,1,7,14H2,(H,15,16). The maximum Gasteiger partial charge on any atom is 0.0743 e. The number of halogens is 1. The summed E-state index contributed by atoms with van der Waals surface area (Å²) < 4.78 is 0.910. The summed E-state index contributed by atoms with van der Waals surface area (Å²) in [6.45, 7) is 4.47. The fraction of sp³-hybridized carbons (Fsp3) is 0.0833. The number of nitrogens with two attached hydrogens (primary N) is 1. The van der Waals surface area contributed by atoms with E-state index in [9.17, 15) is 0 Å². The van der Waals surface area contributed by atoms with Gasteiger partial charge in [0, 0.05) is 34.0 Å². The van der Waals surface area contributed by atoms with E-state index in [1.807, 2.05) is 24.3 Å². The molecule has 16 heavy (non-hydrogen) atoms. The van der Waals surface area contributed by atoms with Crippen LogP contribution in [0.4, 0.5) is 11.4 Å². The number of rotatable bonds is 3. The van der Waals surface area contributed by atoms with Crippen LogP contribution in [0.3, 0.4) is 0 Å². The lowest BCUT2D eigenvalue weighted by Gasteiger charge is -2.08. The minimum absolute atomic E-state index is 0.684. The molecule has 82 valence electrons. The molecule has 3 N–H and O–H groups in total. The Balaban J connectivity index is 2.41. The smallest absolute Gasteiger partial charge is 0.0743 e. The van der Waals surface area contributed by atoms with Gasteiger partial charge in [-0.05, 0) is 24.3 Å². The minimum Gasteiger partial charge on any atom is -0.399 e. The van der Waals surface area contributed by atoms with Crippen LogP contribution in [0.2, 0.25) is 0 Å². The number of fused-ring (bicyclic) bond motifs is 1. The molecular weight excluding hydrogens is 266 g/mol. The first-order valence-electron chi connectivity index (χ1n) is 4.88. The molecule has 0 aliphatic rings. The molecule has 0 aliphatic carbocycles. The first kappa shape index (κ1) is 11.0. The molecule has 0 radical (unpaired) electrons. The van der Waals surface area contributed by atoms with Gasteiger partial charge in [0.1, 0.15) is 0 Å². The highest BCUT2D eigenvalue weighted by Gasteiger charge is 2.01. The number of benzene rings is 1. The number of hydrogen-bond donors (Lipinski definition) is 2. The lowest BCUT2D eigenvalue weighted by molar-refractivity contribution is 1.32. The van der Waals surface area contributed by atoms with Gasteiger partial charge in [-0.1, -0.05) is 22.5 Å². The summed E-state index contributed by atoms with van der Waals surface area (Å²) in [7, 11) is 0. The maximum absolute atomic E-state index is 5.71. The molecule has 3 nitrogen and oxygen atoms in total. The van der Waals surface area contributed by atoms with Crippen molar-refractivity contribution in [3.05, 3.63) is 41.5 Å². The first-order valence-corrected chi connectivity index (χ1v) is 5.67. The van der Waals surface area contributed by atoms with Crippen molar-refractivity contribution < 1.29 is 0 Å². The average Bonchev–Trinajstić information content (AvgIpc) is 2.25. The molecule has 0 saturated heterocycles. The third kappa shape index (κ3) is 2.33. The van der Waals surface area contributed by atoms with Crippen LogP contribution < -0.4 is 11.1 Å². The molecule has 0 saturated carbocycles. The number of hydrogen-bond acceptors (Lipinski definition) is 3. The molecule has 2 aromatic rings. The number of nitrogen functional groups attached to an aromatic ring is 1. The highest BCUT2D eigenvalue weighted by atomic mass is 79.9. The molecule has 0 bridgehead atoms. The minimum atomic E-state index is 0.684. The molecule has 0 atom stereocenters. The van der Waals surface area contributed by atoms with E-state index in [1.54, 1.807) is 6.20 Å². The van der Waals surface area contributed by atoms with E-state index < -0.39 is 0 Å². The van der Waals surface area contributed by atoms with Crippen LogP contribution in [0, 0.1) is 0 Å². The monoisotopic (exact) mass is 277 g/mol. The van der Waals surface area contributed by atoms with Gasteiger partial charge in [0.15, 0.2) is 0 Å². The van der Waals surface area contributed by atoms with Gasteiger partial charge in [0.2, 0.25) is 0 Å². The third-order valence-electron chi connectivity index (χ3n) is 2.24. The van der Waals surface area contributed by atoms with Crippen LogP contribution >= 0.6 is 15.9 Å². The Morgan fingerprint density at radius 2 is 2.25 bits per heavy atom. The fourth-order valence-electron chi connectivity index (χ4n) is 1.51. The van der Waals surface area contributed by atoms with E-state index >= 15 is 0 Å². The summed E-state index contributed by atoms with van der Waals surface area (Å²) in [5.41, 5.74) is 8.36. The number of anilines is 2. The zero-order valence-corrected chi connectivity index (χ0v) is 10.3. The van der Waals surface area contributed by atoms with E-state index in [0.717, 1.165) is 26.8 Å². The second-order valence-corrected chi connectivity index (χ2v) is 4.63. The number of nitrogens with zero attached hydrogens (tertiary/aromatic N) is 1. The predicted octanol–water partition coefficient (Wildman–Crippen LogP) is 3.14. The third-order valence-corrected chi connectivity index (χ3v) is 2.52. The normalized spacial score (nSPS) is 10.3. The van der Waals surface area contributed by atoms with Crippen molar-refractivity contribution >= 4 is 38.2 Å². The Kier molecular flexibility index (Phi) is 3.10. The lowest BCUT2D eigenvalue weighted by Crippen LogP contribution is -2.01. The molecule has 0 amide bonds. The molecule has 0 fully saturated rings. The van der Waals surface area contributed by atoms with Crippen molar-refractivity contribution in [1.82, 2.24) is 4.98 Å². The Morgan fingerprint density at radius 3 is 3.00 bits per heavy atom. The Bertz CT molecular complexity index is 537. The van der Waals surface area contributed by atoms with Crippen LogP contribution in [0.5, 0.6) is 0 Å². The molecule has 4 heteroatoms. The van der Waals surface area contributed by atoms with Gasteiger partial charge < -0.3 is 11.1 Å². The largest absolute Gasteiger partial charge is 0.399 e. The molecule has 0 unspecified atom stereocenters. The van der Waals surface area contributed by atoms with Crippen molar-refractivity contribution in [1.29, 1.82) is 0 Å². The van der Waals surface area contributed by atoms with Crippen LogP contribution in [0.15, 0.2) is 41.5 Å². The molecule has 1 heterocycles. The zero-order valence-electron chi connectivity index (χ0n) is 8.70. The van der Waals surface area contributed by atoms with E-state index in [2.05, 4.69) is 32.8 Å². The van der Waals surface area contributed by atoms with Gasteiger partial charge in [-0.2, -0.15) is 0 Å². The predicted molar refractivity (Wildman–Crippen MR) is 72.7 cm³/mol. The summed E-state index contributed by atoms with van der Waals surface area (Å²) in [4.78, 5) is 4.28. The van der Waals surface area contributed by atoms with Gasteiger partial charge in [-0.15, -0.1) is 0 Å². The molecule has 1 aromatic heterocycles. The highest BCUT2D eigenvalue weighted by Crippen LogP contribution is 2.23. The van der Waals surface area contributed by atoms with Crippen LogP contribution in [-0.4, -0.2) is 11.5 Å². The van der Waals surface area contributed by atoms with Crippen LogP contribution in [0.25, 0.3) is 10.9 Å². The summed E-state index contributed by atoms with van der Waals surface area (Å²) in [5, 5.41) is 4.34. The summed E-state index contributed by atoms with van der Waals surface area (Å²) >= 11 is 3.31. The molecular formula is C12H12BrN3. The van der Waals surface area contributed by atoms with Crippen molar-refractivity contribution in [2.75, 3.05) is 17.6 Å². The lowest BCUT2D eigenvalue weighted by atomic mass is 10.1. The average molecular weight is 278 g/mol. The Hall–Kier alpha value is -1.55. The summed E-state index contributed by atoms with van der Waals surface area (Å²) in [6.07, 6.45) is 1.76. The van der Waals surface area contributed by atoms with E-state index in [1.165, 1.54) is 0 Å². The number of nitrogens with one attached hydrogen (secondary N) is 1. The molecule has 1 aromatic carbocycles. The molecule has 0 aliphatic heterocycles. The Morgan fingerprint density at radius 1 is 1.44 bits per heavy atom. The second-order valence-electron chi connectivity index (χ2n) is 3.51. The quantitative estimate of drug-likeness (QED) is 0.848. The van der Waals surface area contributed by atoms with E-state index in [-0.39, 0.29) is 0 Å². The van der Waals surface area contributed by atoms with Crippen molar-refractivity contribution in [2.45, 2.75) is 0 Å². The van der Waals surface area contributed by atoms with Gasteiger partial charge >= 0.3 is 0 Å². The van der Waals surface area contributed by atoms with E-state index in [0.29, 0.717) is 6.54 Å². The topological polar surface area (TPSA) is 50.9 Å². The van der Waals surface area contributed by atoms with Gasteiger partial charge in [-0.3, -0.25) is 4.98 Å². The summed E-state index contributed by atoms with van der Waals surface area (Å²) in [5.74, 6) is 0. The van der Waals surface area contributed by atoms with Crippen LogP contribution in [-0.2, 0) is 0 Å². The second kappa shape index (κ2) is 4.53. The van der Waals surface area contributed by atoms with Gasteiger partial charge in [0.05, 0.1) is 5.52 Å². The number of aromatic nitrogens is 1. The van der Waals surface area contributed by atoms with Crippen molar-refractivity contribution in [3.8, 4) is 0 Å². The van der Waals surface area contributed by atoms with Crippen molar-refractivity contribution in [2.24, 2.45) is 0 Å².